The normalized spacial score (nSPS) is 49.3. The van der Waals surface area contributed by atoms with Crippen LogP contribution in [0.3, 0.4) is 0 Å². The number of carbonyl (C=O) groups excluding carboxylic acids is 6. The van der Waals surface area contributed by atoms with Gasteiger partial charge in [0, 0.05) is 51.9 Å². The number of rotatable bonds is 43. The Morgan fingerprint density at radius 3 is 1.19 bits per heavy atom. The zero-order valence-corrected chi connectivity index (χ0v) is 81.1. The SMILES string of the molecule is CC(=O)NC1C(O)[C@H](O[C@@H]2OC3CC(O)(O[C@]4(OC=O)C[C@@H](O)[C@@H](C)C([C@H](O)[C@H](O)CO)O4)[C@@H]3[C@H](O)C2O)[C@H](CO)O[C@H]1OCCC1[C@@H](OCC2O[C@@H](O[C@@H]3C(CO)O[C@@H](O[C@@H]4C(CO)O[C@@H](C)C(NC(C)=O)[C@H]4O)C(NC(C)=O)[C@H]3O)C(O)[C@@H](O[C@H]3OC(CO)[C@@H](O)C(O)C3O[C@@H]3OC(CO)[C@@H](O[C@@H]4OC5[C@@H]([C@H](O)C4O)C5(O)O[C@]4(OC=O)C[C@@H](O)[C@@H](C)C([C@H](O)[C@H](O)CO)O4)[C@H](O)C3NC(C)=O)[C@@H]2O)OC(CO)[C@@H](O)[C@@H]1O. The summed E-state index contributed by atoms with van der Waals surface area (Å²) in [5, 5.41) is 351. The number of hydrogen-bond donors (Lipinski definition) is 34. The first-order valence-corrected chi connectivity index (χ1v) is 48.4. The molecule has 23 unspecified atom stereocenters. The minimum atomic E-state index is -2.90. The van der Waals surface area contributed by atoms with E-state index in [0.29, 0.717) is 0 Å². The lowest BCUT2D eigenvalue weighted by Gasteiger charge is -2.59. The molecule has 63 nitrogen and oxygen atoms in total. The summed E-state index contributed by atoms with van der Waals surface area (Å²) in [6, 6.07) is -6.99. The van der Waals surface area contributed by atoms with Crippen molar-refractivity contribution >= 4 is 36.6 Å². The van der Waals surface area contributed by atoms with E-state index in [0.717, 1.165) is 27.7 Å². The number of aliphatic hydroxyl groups is 30. The lowest BCUT2D eigenvalue weighted by molar-refractivity contribution is -0.506. The van der Waals surface area contributed by atoms with Gasteiger partial charge in [0.1, 0.15) is 195 Å². The van der Waals surface area contributed by atoms with E-state index in [-0.39, 0.29) is 12.9 Å². The first kappa shape index (κ1) is 121. The van der Waals surface area contributed by atoms with Crippen LogP contribution in [-0.2, 0) is 138 Å². The summed E-state index contributed by atoms with van der Waals surface area (Å²) < 4.78 is 137. The van der Waals surface area contributed by atoms with Crippen molar-refractivity contribution in [2.45, 2.75) is 404 Å². The number of nitrogens with one attached hydrogen (secondary N) is 4. The second-order valence-electron chi connectivity index (χ2n) is 39.5. The number of aliphatic hydroxyl groups excluding tert-OH is 28. The number of hydrogen-bond acceptors (Lipinski definition) is 59. The van der Waals surface area contributed by atoms with Gasteiger partial charge >= 0.3 is 11.9 Å². The van der Waals surface area contributed by atoms with E-state index in [2.05, 4.69) is 21.3 Å². The van der Waals surface area contributed by atoms with Crippen LogP contribution >= 0.6 is 0 Å². The summed E-state index contributed by atoms with van der Waals surface area (Å²) in [5.74, 6) is -21.9. The quantitative estimate of drug-likeness (QED) is 0.0199. The van der Waals surface area contributed by atoms with Gasteiger partial charge in [-0.3, -0.25) is 38.2 Å². The lowest BCUT2D eigenvalue weighted by Crippen LogP contribution is -2.74. The first-order chi connectivity index (χ1) is 70.3. The number of ether oxygens (including phenoxy) is 23. The Morgan fingerprint density at radius 1 is 0.362 bits per heavy atom. The second-order valence-corrected chi connectivity index (χ2v) is 39.5. The van der Waals surface area contributed by atoms with E-state index in [1.807, 2.05) is 0 Å². The molecule has 0 spiro atoms. The highest BCUT2D eigenvalue weighted by molar-refractivity contribution is 5.74. The van der Waals surface area contributed by atoms with Crippen LogP contribution in [-0.4, -0.2) is 586 Å². The van der Waals surface area contributed by atoms with Crippen LogP contribution in [0.4, 0.5) is 0 Å². The molecule has 0 aromatic carbocycles. The smallest absolute Gasteiger partial charge is 0.334 e. The molecule has 11 aliphatic heterocycles. The predicted octanol–water partition coefficient (Wildman–Crippen LogP) is -21.3. The van der Waals surface area contributed by atoms with Gasteiger partial charge in [-0.2, -0.15) is 0 Å². The van der Waals surface area contributed by atoms with E-state index in [9.17, 15) is 182 Å². The van der Waals surface area contributed by atoms with E-state index >= 15 is 0 Å². The van der Waals surface area contributed by atoms with Gasteiger partial charge in [-0.25, -0.2) is 0 Å². The third-order valence-corrected chi connectivity index (χ3v) is 29.4. The van der Waals surface area contributed by atoms with E-state index in [1.165, 1.54) is 20.8 Å². The van der Waals surface area contributed by atoms with Crippen molar-refractivity contribution in [1.29, 1.82) is 0 Å². The lowest BCUT2D eigenvalue weighted by atomic mass is 9.68. The van der Waals surface area contributed by atoms with Crippen LogP contribution in [0.5, 0.6) is 0 Å². The second kappa shape index (κ2) is 50.3. The van der Waals surface area contributed by atoms with Gasteiger partial charge in [0.2, 0.25) is 29.4 Å². The molecule has 59 atom stereocenters. The Labute approximate surface area is 845 Å². The fraction of sp³-hybridized carbons (Fsp3) is 0.930. The van der Waals surface area contributed by atoms with E-state index in [1.54, 1.807) is 0 Å². The van der Waals surface area contributed by atoms with Crippen LogP contribution in [0.15, 0.2) is 0 Å². The zero-order chi connectivity index (χ0) is 109. The number of carbonyl (C=O) groups is 6. The molecule has 2 saturated carbocycles. The van der Waals surface area contributed by atoms with E-state index < -0.39 is 475 Å². The van der Waals surface area contributed by atoms with Gasteiger partial charge in [-0.15, -0.1) is 0 Å². The molecule has 0 aromatic heterocycles. The summed E-state index contributed by atoms with van der Waals surface area (Å²) in [5.41, 5.74) is 0. The van der Waals surface area contributed by atoms with Gasteiger partial charge in [-0.05, 0) is 13.3 Å². The Balaban J connectivity index is 0.749. The van der Waals surface area contributed by atoms with Crippen molar-refractivity contribution in [3.63, 3.8) is 0 Å². The van der Waals surface area contributed by atoms with Crippen molar-refractivity contribution < 1.29 is 291 Å². The van der Waals surface area contributed by atoms with Crippen molar-refractivity contribution in [3.8, 4) is 0 Å². The van der Waals surface area contributed by atoms with Crippen LogP contribution in [0.1, 0.15) is 74.1 Å². The summed E-state index contributed by atoms with van der Waals surface area (Å²) in [6.07, 6.45) is -95.5. The highest BCUT2D eigenvalue weighted by Gasteiger charge is 2.79. The van der Waals surface area contributed by atoms with Gasteiger partial charge in [-0.1, -0.05) is 13.8 Å². The van der Waals surface area contributed by atoms with Crippen LogP contribution in [0, 0.1) is 29.6 Å². The average Bonchev–Trinajstić information content (AvgIpc) is 1.52. The molecule has 0 bridgehead atoms. The Bertz CT molecular complexity index is 4320. The Morgan fingerprint density at radius 2 is 0.738 bits per heavy atom. The molecule has 11 saturated heterocycles. The molecule has 34 N–H and O–H groups in total. The number of amides is 4. The molecular weight excluding hydrogens is 2030 g/mol. The topological polar surface area (TPSA) is 970 Å². The van der Waals surface area contributed by atoms with Crippen molar-refractivity contribution in [3.05, 3.63) is 0 Å². The zero-order valence-electron chi connectivity index (χ0n) is 81.1. The molecule has 149 heavy (non-hydrogen) atoms. The van der Waals surface area contributed by atoms with Crippen molar-refractivity contribution in [2.75, 3.05) is 66.1 Å². The monoisotopic (exact) mass is 2170 g/mol. The molecule has 13 rings (SSSR count). The Kier molecular flexibility index (Phi) is 40.8. The van der Waals surface area contributed by atoms with Crippen LogP contribution in [0.25, 0.3) is 0 Å². The molecule has 2 aliphatic carbocycles. The minimum Gasteiger partial charge on any atom is -0.410 e. The molecule has 0 radical (unpaired) electrons. The molecule has 4 amide bonds. The molecule has 63 heteroatoms. The van der Waals surface area contributed by atoms with Crippen LogP contribution < -0.4 is 21.3 Å². The highest BCUT2D eigenvalue weighted by atomic mass is 16.9. The Hall–Kier alpha value is -5.22. The largest absolute Gasteiger partial charge is 0.410 e. The third-order valence-electron chi connectivity index (χ3n) is 29.4. The first-order valence-electron chi connectivity index (χ1n) is 48.4. The maximum Gasteiger partial charge on any atom is 0.334 e. The summed E-state index contributed by atoms with van der Waals surface area (Å²) in [6.45, 7) is -2.95. The standard InChI is InChI=1S/C86H140N4O59/c1-24-32(105)10-84(129-22-99,146-66(24)51(110)34(107)13-91)148-83(125)12-36-44(83)56(115)63(122)79(132-36)140-69-40(18-96)135-76(47(59(69)118)88-28(5)102)127-9-8-31-50(109)53(112)37(15-93)133-75(31)128-21-43-55(114)72(65(124)81(138-43)142-71-42(20-98)136-77(48(60(71)119)89-29(6)103)139-68-39(17-95)131-26(3)46(58(68)117)87-27(4)101)143-82-73(62(121)54(113)38(16-94)134-82)144-78-49(90-30(7)104)61(120)70(41(19-97)137-78)141-80-64(123)57(116)45-74(145-80)86(45,126)149-85(130-23-100)11-33(106)25(2)67(147-85)52(111)35(108)14-92/h22-26,31-82,91-98,105-126H,8-21H2,1-7H3,(H,87,101)(H,88,102)(H,89,103)(H,90,104)/t24-,25-,26+,31?,32-,33-,34-,35-,36?,37?,38?,39?,40+,41?,42?,43?,44+,45-,46?,47?,48?,49?,50-,51-,52-,53-,54-,55-,56+,57+,58-,59?,60-,61-,62?,63?,64?,65?,66?,67?,68-,69-,70-,71-,72+,73?,74?,75+,76-,77+,78+,79+,80-,81+,82-,83?,84+,85+,86?/m1/s1. The summed E-state index contributed by atoms with van der Waals surface area (Å²) in [7, 11) is 0. The fourth-order valence-electron chi connectivity index (χ4n) is 21.2. The minimum absolute atomic E-state index is 0.198. The fourth-order valence-corrected chi connectivity index (χ4v) is 21.2. The van der Waals surface area contributed by atoms with E-state index in [4.69, 9.17) is 109 Å². The van der Waals surface area contributed by atoms with Gasteiger partial charge in [0.15, 0.2) is 56.1 Å². The predicted molar refractivity (Wildman–Crippen MR) is 461 cm³/mol. The molecule has 858 valence electrons. The molecule has 11 heterocycles. The number of fused-ring (bicyclic) bond motifs is 2. The summed E-state index contributed by atoms with van der Waals surface area (Å²) >= 11 is 0. The molecule has 13 fully saturated rings. The highest BCUT2D eigenvalue weighted by Crippen LogP contribution is 2.59. The van der Waals surface area contributed by atoms with Gasteiger partial charge in [0.05, 0.1) is 152 Å². The van der Waals surface area contributed by atoms with Gasteiger partial charge < -0.3 is 274 Å². The molecule has 0 aromatic rings. The molecular formula is C86H140N4O59. The van der Waals surface area contributed by atoms with Crippen molar-refractivity contribution in [2.24, 2.45) is 29.6 Å². The third kappa shape index (κ3) is 25.2. The maximum absolute atomic E-state index is 13.3. The van der Waals surface area contributed by atoms with Crippen LogP contribution in [0.2, 0.25) is 0 Å². The van der Waals surface area contributed by atoms with Crippen molar-refractivity contribution in [1.82, 2.24) is 21.3 Å². The average molecular weight is 2170 g/mol. The van der Waals surface area contributed by atoms with Gasteiger partial charge in [0.25, 0.3) is 12.9 Å². The molecule has 13 aliphatic rings. The maximum atomic E-state index is 13.3. The summed E-state index contributed by atoms with van der Waals surface area (Å²) in [4.78, 5) is 75.9.